The smallest absolute Gasteiger partial charge is 0.125 e. The lowest BCUT2D eigenvalue weighted by Gasteiger charge is -2.28. The van der Waals surface area contributed by atoms with E-state index < -0.39 is 6.23 Å². The molecule has 0 aromatic carbocycles. The third-order valence-electron chi connectivity index (χ3n) is 4.55. The summed E-state index contributed by atoms with van der Waals surface area (Å²) in [5, 5.41) is 13.0. The molecule has 0 amide bonds. The number of unbranched alkanes of at least 4 members (excludes halogenated alkanes) is 9. The minimum atomic E-state index is -0.400. The van der Waals surface area contributed by atoms with Crippen molar-refractivity contribution in [3.63, 3.8) is 0 Å². The fraction of sp³-hybridized carbons (Fsp3) is 0.800. The second-order valence-corrected chi connectivity index (χ2v) is 6.74. The van der Waals surface area contributed by atoms with Crippen LogP contribution >= 0.6 is 0 Å². The van der Waals surface area contributed by atoms with Crippen molar-refractivity contribution in [3.05, 3.63) is 24.6 Å². The van der Waals surface area contributed by atoms with E-state index in [9.17, 15) is 5.11 Å². The molecular formula is C20H38N2O. The molecule has 0 radical (unpaired) electrons. The van der Waals surface area contributed by atoms with Gasteiger partial charge in [-0.2, -0.15) is 0 Å². The van der Waals surface area contributed by atoms with Gasteiger partial charge in [-0.3, -0.25) is 0 Å². The summed E-state index contributed by atoms with van der Waals surface area (Å²) >= 11 is 0. The van der Waals surface area contributed by atoms with Crippen LogP contribution in [-0.2, 0) is 0 Å². The Morgan fingerprint density at radius 1 is 1.00 bits per heavy atom. The molecule has 0 saturated carbocycles. The highest BCUT2D eigenvalue weighted by atomic mass is 16.3. The Morgan fingerprint density at radius 3 is 2.26 bits per heavy atom. The van der Waals surface area contributed by atoms with E-state index >= 15 is 0 Å². The van der Waals surface area contributed by atoms with Crippen molar-refractivity contribution < 1.29 is 5.11 Å². The molecule has 0 fully saturated rings. The highest BCUT2D eigenvalue weighted by Crippen LogP contribution is 2.16. The van der Waals surface area contributed by atoms with Gasteiger partial charge in [0.2, 0.25) is 0 Å². The molecule has 0 bridgehead atoms. The first-order chi connectivity index (χ1) is 11.3. The largest absolute Gasteiger partial charge is 0.374 e. The van der Waals surface area contributed by atoms with Gasteiger partial charge in [-0.25, -0.2) is 0 Å². The van der Waals surface area contributed by atoms with Crippen molar-refractivity contribution in [2.75, 3.05) is 0 Å². The van der Waals surface area contributed by atoms with Crippen LogP contribution in [0.25, 0.3) is 0 Å². The average molecular weight is 323 g/mol. The number of hydrogen-bond donors (Lipinski definition) is 2. The summed E-state index contributed by atoms with van der Waals surface area (Å²) in [6.45, 7) is 4.05. The third-order valence-corrected chi connectivity index (χ3v) is 4.55. The van der Waals surface area contributed by atoms with Crippen LogP contribution in [0, 0.1) is 0 Å². The summed E-state index contributed by atoms with van der Waals surface area (Å²) in [5.74, 6) is 0. The number of allylic oxidation sites excluding steroid dienone is 2. The Labute approximate surface area is 143 Å². The van der Waals surface area contributed by atoms with Crippen molar-refractivity contribution in [3.8, 4) is 0 Å². The molecule has 0 aliphatic carbocycles. The van der Waals surface area contributed by atoms with E-state index in [-0.39, 0.29) is 6.17 Å². The molecule has 3 heteroatoms. The topological polar surface area (TPSA) is 35.5 Å². The number of nitrogens with zero attached hydrogens (tertiary/aromatic N) is 1. The summed E-state index contributed by atoms with van der Waals surface area (Å²) in [4.78, 5) is 1.99. The highest BCUT2D eigenvalue weighted by molar-refractivity contribution is 4.94. The molecule has 2 atom stereocenters. The molecule has 0 saturated heterocycles. The van der Waals surface area contributed by atoms with E-state index in [0.29, 0.717) is 0 Å². The van der Waals surface area contributed by atoms with Crippen LogP contribution in [0.1, 0.15) is 90.9 Å². The molecule has 0 spiro atoms. The lowest BCUT2D eigenvalue weighted by atomic mass is 10.1. The van der Waals surface area contributed by atoms with Gasteiger partial charge < -0.3 is 15.3 Å². The Kier molecular flexibility index (Phi) is 11.8. The summed E-state index contributed by atoms with van der Waals surface area (Å²) in [6.07, 6.45) is 24.1. The molecule has 1 heterocycles. The van der Waals surface area contributed by atoms with Gasteiger partial charge in [0.05, 0.1) is 0 Å². The van der Waals surface area contributed by atoms with Crippen LogP contribution in [-0.4, -0.2) is 22.4 Å². The lowest BCUT2D eigenvalue weighted by Crippen LogP contribution is -2.40. The van der Waals surface area contributed by atoms with Crippen LogP contribution < -0.4 is 5.32 Å². The zero-order valence-electron chi connectivity index (χ0n) is 15.3. The highest BCUT2D eigenvalue weighted by Gasteiger charge is 2.20. The second-order valence-electron chi connectivity index (χ2n) is 6.74. The van der Waals surface area contributed by atoms with Crippen LogP contribution in [0.5, 0.6) is 0 Å². The Morgan fingerprint density at radius 2 is 1.61 bits per heavy atom. The fourth-order valence-electron chi connectivity index (χ4n) is 3.11. The molecule has 134 valence electrons. The monoisotopic (exact) mass is 322 g/mol. The van der Waals surface area contributed by atoms with E-state index in [1.54, 1.807) is 0 Å². The first-order valence-electron chi connectivity index (χ1n) is 9.79. The van der Waals surface area contributed by atoms with E-state index in [1.165, 1.54) is 70.6 Å². The van der Waals surface area contributed by atoms with Gasteiger partial charge in [0.25, 0.3) is 0 Å². The number of aliphatic hydroxyl groups is 1. The van der Waals surface area contributed by atoms with Crippen molar-refractivity contribution in [2.24, 2.45) is 0 Å². The van der Waals surface area contributed by atoms with Gasteiger partial charge in [-0.1, -0.05) is 64.0 Å². The third kappa shape index (κ3) is 9.70. The number of nitrogens with one attached hydrogen (secondary N) is 1. The van der Waals surface area contributed by atoms with Crippen molar-refractivity contribution >= 4 is 0 Å². The van der Waals surface area contributed by atoms with Crippen molar-refractivity contribution in [1.29, 1.82) is 0 Å². The maximum Gasteiger partial charge on any atom is 0.125 e. The predicted octanol–water partition coefficient (Wildman–Crippen LogP) is 5.28. The molecule has 1 aliphatic heterocycles. The molecule has 1 aliphatic rings. The van der Waals surface area contributed by atoms with E-state index in [1.807, 2.05) is 24.2 Å². The molecule has 23 heavy (non-hydrogen) atoms. The standard InChI is InChI=1S/C20H38N2O/c1-3-4-5-6-7-8-9-10-11-12-13-14-15-16-20-21-17-18-22(20)19(2)23/h5-6,17-21,23H,3-4,7-16H2,1-2H3/b6-5+. The van der Waals surface area contributed by atoms with E-state index in [0.717, 1.165) is 6.42 Å². The molecule has 0 aromatic heterocycles. The summed E-state index contributed by atoms with van der Waals surface area (Å²) in [6, 6.07) is 0. The molecule has 2 N–H and O–H groups in total. The van der Waals surface area contributed by atoms with Crippen LogP contribution in [0.4, 0.5) is 0 Å². The number of aliphatic hydroxyl groups excluding tert-OH is 1. The van der Waals surface area contributed by atoms with Gasteiger partial charge >= 0.3 is 0 Å². The minimum absolute atomic E-state index is 0.288. The normalized spacial score (nSPS) is 18.7. The van der Waals surface area contributed by atoms with Gasteiger partial charge in [0, 0.05) is 12.4 Å². The molecular weight excluding hydrogens is 284 g/mol. The number of rotatable bonds is 14. The zero-order valence-corrected chi connectivity index (χ0v) is 15.3. The zero-order chi connectivity index (χ0) is 16.8. The summed E-state index contributed by atoms with van der Waals surface area (Å²) < 4.78 is 0. The minimum Gasteiger partial charge on any atom is -0.374 e. The van der Waals surface area contributed by atoms with Gasteiger partial charge in [0.1, 0.15) is 12.4 Å². The SMILES string of the molecule is CCC/C=C/CCCCCCCCCCC1NC=CN1C(C)O. The Hall–Kier alpha value is -0.960. The first-order valence-corrected chi connectivity index (χ1v) is 9.79. The number of hydrogen-bond acceptors (Lipinski definition) is 3. The lowest BCUT2D eigenvalue weighted by molar-refractivity contribution is 0.0254. The van der Waals surface area contributed by atoms with Crippen LogP contribution in [0.3, 0.4) is 0 Å². The van der Waals surface area contributed by atoms with Crippen LogP contribution in [0.15, 0.2) is 24.6 Å². The van der Waals surface area contributed by atoms with Gasteiger partial charge in [-0.05, 0) is 39.0 Å². The van der Waals surface area contributed by atoms with E-state index in [2.05, 4.69) is 24.4 Å². The molecule has 0 aromatic rings. The van der Waals surface area contributed by atoms with Crippen molar-refractivity contribution in [1.82, 2.24) is 10.2 Å². The summed E-state index contributed by atoms with van der Waals surface area (Å²) in [7, 11) is 0. The first kappa shape index (κ1) is 20.1. The maximum atomic E-state index is 9.66. The summed E-state index contributed by atoms with van der Waals surface area (Å²) in [5.41, 5.74) is 0. The fourth-order valence-corrected chi connectivity index (χ4v) is 3.11. The molecule has 3 nitrogen and oxygen atoms in total. The Balaban J connectivity index is 1.83. The van der Waals surface area contributed by atoms with Crippen molar-refractivity contribution in [2.45, 2.75) is 103 Å². The predicted molar refractivity (Wildman–Crippen MR) is 99.8 cm³/mol. The molecule has 1 rings (SSSR count). The van der Waals surface area contributed by atoms with Gasteiger partial charge in [-0.15, -0.1) is 0 Å². The Bertz CT molecular complexity index is 326. The average Bonchev–Trinajstić information content (AvgIpc) is 3.00. The van der Waals surface area contributed by atoms with Gasteiger partial charge in [0.15, 0.2) is 0 Å². The molecule has 2 unspecified atom stereocenters. The second kappa shape index (κ2) is 13.5. The van der Waals surface area contributed by atoms with E-state index in [4.69, 9.17) is 0 Å². The van der Waals surface area contributed by atoms with Crippen LogP contribution in [0.2, 0.25) is 0 Å². The maximum absolute atomic E-state index is 9.66. The quantitative estimate of drug-likeness (QED) is 0.337.